The van der Waals surface area contributed by atoms with E-state index >= 15 is 0 Å². The summed E-state index contributed by atoms with van der Waals surface area (Å²) in [6.07, 6.45) is 6.78. The normalized spacial score (nSPS) is 15.9. The van der Waals surface area contributed by atoms with E-state index in [0.29, 0.717) is 18.3 Å². The lowest BCUT2D eigenvalue weighted by Gasteiger charge is -2.18. The summed E-state index contributed by atoms with van der Waals surface area (Å²) in [5, 5.41) is 6.29. The van der Waals surface area contributed by atoms with Gasteiger partial charge in [-0.3, -0.25) is 9.78 Å². The summed E-state index contributed by atoms with van der Waals surface area (Å²) in [4.78, 5) is 15.9. The van der Waals surface area contributed by atoms with E-state index in [9.17, 15) is 4.79 Å². The highest BCUT2D eigenvalue weighted by atomic mass is 16.1. The zero-order valence-corrected chi connectivity index (χ0v) is 11.8. The fourth-order valence-electron chi connectivity index (χ4n) is 2.21. The first-order chi connectivity index (χ1) is 9.22. The van der Waals surface area contributed by atoms with Gasteiger partial charge in [-0.15, -0.1) is 0 Å². The first-order valence-electron chi connectivity index (χ1n) is 7.23. The number of rotatable bonds is 7. The number of nitrogens with one attached hydrogen (secondary N) is 2. The Hall–Kier alpha value is -1.58. The summed E-state index contributed by atoms with van der Waals surface area (Å²) < 4.78 is 0. The molecule has 1 unspecified atom stereocenters. The monoisotopic (exact) mass is 261 g/mol. The molecule has 1 amide bonds. The molecule has 4 heteroatoms. The number of pyridine rings is 1. The summed E-state index contributed by atoms with van der Waals surface area (Å²) in [6.45, 7) is 4.73. The molecule has 1 fully saturated rings. The molecule has 104 valence electrons. The van der Waals surface area contributed by atoms with Crippen molar-refractivity contribution in [2.45, 2.75) is 45.6 Å². The van der Waals surface area contributed by atoms with E-state index in [-0.39, 0.29) is 5.91 Å². The fourth-order valence-corrected chi connectivity index (χ4v) is 2.21. The SMILES string of the molecule is CCNC(=O)c1cc(NC(CC)CC2CC2)ccn1. The lowest BCUT2D eigenvalue weighted by atomic mass is 10.1. The predicted molar refractivity (Wildman–Crippen MR) is 77.3 cm³/mol. The van der Waals surface area contributed by atoms with E-state index in [1.807, 2.05) is 19.1 Å². The third-order valence-electron chi connectivity index (χ3n) is 3.51. The minimum absolute atomic E-state index is 0.110. The summed E-state index contributed by atoms with van der Waals surface area (Å²) in [5.41, 5.74) is 1.47. The molecule has 1 aliphatic rings. The van der Waals surface area contributed by atoms with Crippen LogP contribution in [0.15, 0.2) is 18.3 Å². The minimum atomic E-state index is -0.110. The molecule has 1 aromatic rings. The summed E-state index contributed by atoms with van der Waals surface area (Å²) in [7, 11) is 0. The highest BCUT2D eigenvalue weighted by Gasteiger charge is 2.24. The molecule has 1 heterocycles. The number of anilines is 1. The molecule has 0 aliphatic heterocycles. The van der Waals surface area contributed by atoms with Crippen molar-refractivity contribution in [1.82, 2.24) is 10.3 Å². The fraction of sp³-hybridized carbons (Fsp3) is 0.600. The van der Waals surface area contributed by atoms with Gasteiger partial charge in [0.05, 0.1) is 0 Å². The van der Waals surface area contributed by atoms with Gasteiger partial charge in [0.1, 0.15) is 5.69 Å². The largest absolute Gasteiger partial charge is 0.382 e. The van der Waals surface area contributed by atoms with Crippen LogP contribution in [-0.2, 0) is 0 Å². The van der Waals surface area contributed by atoms with Crippen molar-refractivity contribution in [3.63, 3.8) is 0 Å². The Morgan fingerprint density at radius 2 is 2.26 bits per heavy atom. The highest BCUT2D eigenvalue weighted by Crippen LogP contribution is 2.34. The van der Waals surface area contributed by atoms with Crippen molar-refractivity contribution in [3.05, 3.63) is 24.0 Å². The van der Waals surface area contributed by atoms with Crippen LogP contribution in [0, 0.1) is 5.92 Å². The first kappa shape index (κ1) is 13.8. The van der Waals surface area contributed by atoms with Crippen molar-refractivity contribution in [2.75, 3.05) is 11.9 Å². The van der Waals surface area contributed by atoms with Gasteiger partial charge in [0.15, 0.2) is 0 Å². The molecule has 0 bridgehead atoms. The second-order valence-electron chi connectivity index (χ2n) is 5.22. The molecule has 0 spiro atoms. The standard InChI is InChI=1S/C15H23N3O/c1-3-12(9-11-5-6-11)18-13-7-8-17-14(10-13)15(19)16-4-2/h7-8,10-12H,3-6,9H2,1-2H3,(H,16,19)(H,17,18). The van der Waals surface area contributed by atoms with Gasteiger partial charge < -0.3 is 10.6 Å². The summed E-state index contributed by atoms with van der Waals surface area (Å²) in [5.74, 6) is 0.795. The lowest BCUT2D eigenvalue weighted by Crippen LogP contribution is -2.24. The van der Waals surface area contributed by atoms with E-state index in [0.717, 1.165) is 18.0 Å². The average Bonchev–Trinajstić information content (AvgIpc) is 3.22. The topological polar surface area (TPSA) is 54.0 Å². The predicted octanol–water partition coefficient (Wildman–Crippen LogP) is 2.82. The van der Waals surface area contributed by atoms with Crippen molar-refractivity contribution < 1.29 is 4.79 Å². The number of amides is 1. The van der Waals surface area contributed by atoms with Gasteiger partial charge in [-0.2, -0.15) is 0 Å². The van der Waals surface area contributed by atoms with Crippen LogP contribution in [0.5, 0.6) is 0 Å². The lowest BCUT2D eigenvalue weighted by molar-refractivity contribution is 0.0951. The Morgan fingerprint density at radius 3 is 2.89 bits per heavy atom. The smallest absolute Gasteiger partial charge is 0.269 e. The minimum Gasteiger partial charge on any atom is -0.382 e. The molecule has 2 rings (SSSR count). The molecular weight excluding hydrogens is 238 g/mol. The zero-order chi connectivity index (χ0) is 13.7. The molecule has 4 nitrogen and oxygen atoms in total. The Bertz CT molecular complexity index is 429. The van der Waals surface area contributed by atoms with Crippen LogP contribution in [0.4, 0.5) is 5.69 Å². The molecule has 19 heavy (non-hydrogen) atoms. The van der Waals surface area contributed by atoms with Gasteiger partial charge >= 0.3 is 0 Å². The van der Waals surface area contributed by atoms with Gasteiger partial charge in [-0.25, -0.2) is 0 Å². The Balaban J connectivity index is 1.98. The maximum atomic E-state index is 11.7. The molecule has 0 radical (unpaired) electrons. The number of hydrogen-bond acceptors (Lipinski definition) is 3. The Morgan fingerprint density at radius 1 is 1.47 bits per heavy atom. The maximum Gasteiger partial charge on any atom is 0.269 e. The third kappa shape index (κ3) is 4.23. The summed E-state index contributed by atoms with van der Waals surface area (Å²) in [6, 6.07) is 4.26. The third-order valence-corrected chi connectivity index (χ3v) is 3.51. The number of hydrogen-bond donors (Lipinski definition) is 2. The van der Waals surface area contributed by atoms with E-state index < -0.39 is 0 Å². The van der Waals surface area contributed by atoms with Crippen LogP contribution in [0.2, 0.25) is 0 Å². The number of nitrogens with zero attached hydrogens (tertiary/aromatic N) is 1. The van der Waals surface area contributed by atoms with Crippen molar-refractivity contribution in [3.8, 4) is 0 Å². The molecule has 1 saturated carbocycles. The van der Waals surface area contributed by atoms with E-state index in [1.54, 1.807) is 6.20 Å². The quantitative estimate of drug-likeness (QED) is 0.793. The van der Waals surface area contributed by atoms with Crippen LogP contribution in [0.3, 0.4) is 0 Å². The van der Waals surface area contributed by atoms with Gasteiger partial charge in [0, 0.05) is 24.5 Å². The van der Waals surface area contributed by atoms with E-state index in [1.165, 1.54) is 19.3 Å². The van der Waals surface area contributed by atoms with Crippen molar-refractivity contribution in [1.29, 1.82) is 0 Å². The van der Waals surface area contributed by atoms with Crippen molar-refractivity contribution >= 4 is 11.6 Å². The second kappa shape index (κ2) is 6.55. The molecule has 1 atom stereocenters. The van der Waals surface area contributed by atoms with Crippen LogP contribution in [-0.4, -0.2) is 23.5 Å². The second-order valence-corrected chi connectivity index (χ2v) is 5.22. The Labute approximate surface area is 115 Å². The van der Waals surface area contributed by atoms with E-state index in [4.69, 9.17) is 0 Å². The number of carbonyl (C=O) groups excluding carboxylic acids is 1. The summed E-state index contributed by atoms with van der Waals surface area (Å²) >= 11 is 0. The Kier molecular flexibility index (Phi) is 4.77. The molecule has 0 saturated heterocycles. The molecule has 0 aromatic carbocycles. The highest BCUT2D eigenvalue weighted by molar-refractivity contribution is 5.93. The van der Waals surface area contributed by atoms with Gasteiger partial charge in [0.25, 0.3) is 5.91 Å². The molecule has 1 aromatic heterocycles. The molecule has 2 N–H and O–H groups in total. The van der Waals surface area contributed by atoms with Gasteiger partial charge in [-0.1, -0.05) is 19.8 Å². The first-order valence-corrected chi connectivity index (χ1v) is 7.23. The average molecular weight is 261 g/mol. The van der Waals surface area contributed by atoms with Crippen LogP contribution < -0.4 is 10.6 Å². The van der Waals surface area contributed by atoms with Gasteiger partial charge in [0.2, 0.25) is 0 Å². The maximum absolute atomic E-state index is 11.7. The van der Waals surface area contributed by atoms with Crippen LogP contribution in [0.1, 0.15) is 50.0 Å². The number of aromatic nitrogens is 1. The van der Waals surface area contributed by atoms with Crippen molar-refractivity contribution in [2.24, 2.45) is 5.92 Å². The zero-order valence-electron chi connectivity index (χ0n) is 11.8. The van der Waals surface area contributed by atoms with Crippen LogP contribution >= 0.6 is 0 Å². The van der Waals surface area contributed by atoms with Crippen LogP contribution in [0.25, 0.3) is 0 Å². The van der Waals surface area contributed by atoms with E-state index in [2.05, 4.69) is 22.5 Å². The number of carbonyl (C=O) groups is 1. The van der Waals surface area contributed by atoms with Gasteiger partial charge in [-0.05, 0) is 37.8 Å². The molecule has 1 aliphatic carbocycles. The molecular formula is C15H23N3O.